The molecule has 2 heterocycles. The summed E-state index contributed by atoms with van der Waals surface area (Å²) >= 11 is 0. The first-order valence-corrected chi connectivity index (χ1v) is 9.17. The minimum atomic E-state index is 0.00409. The van der Waals surface area contributed by atoms with Crippen LogP contribution in [0, 0.1) is 5.92 Å². The summed E-state index contributed by atoms with van der Waals surface area (Å²) in [5.41, 5.74) is 1.43. The third-order valence-electron chi connectivity index (χ3n) is 4.77. The molecule has 0 spiro atoms. The van der Waals surface area contributed by atoms with Crippen molar-refractivity contribution in [2.75, 3.05) is 12.4 Å². The predicted octanol–water partition coefficient (Wildman–Crippen LogP) is 2.56. The molecule has 0 aliphatic carbocycles. The van der Waals surface area contributed by atoms with Crippen LogP contribution in [0.1, 0.15) is 47.0 Å². The molecule has 0 atom stereocenters. The van der Waals surface area contributed by atoms with Gasteiger partial charge in [-0.2, -0.15) is 0 Å². The van der Waals surface area contributed by atoms with Crippen molar-refractivity contribution in [2.24, 2.45) is 5.92 Å². The van der Waals surface area contributed by atoms with Crippen LogP contribution in [-0.4, -0.2) is 44.3 Å². The maximum absolute atomic E-state index is 12.7. The van der Waals surface area contributed by atoms with Crippen LogP contribution >= 0.6 is 0 Å². The third-order valence-corrected chi connectivity index (χ3v) is 4.77. The van der Waals surface area contributed by atoms with Crippen molar-refractivity contribution in [1.82, 2.24) is 25.5 Å². The first-order chi connectivity index (χ1) is 12.7. The van der Waals surface area contributed by atoms with Gasteiger partial charge < -0.3 is 15.4 Å². The second kappa shape index (κ2) is 7.26. The average Bonchev–Trinajstić information content (AvgIpc) is 3.05. The number of nitrogens with zero attached hydrogens (tertiary/aromatic N) is 4. The quantitative estimate of drug-likeness (QED) is 0.838. The number of benzene rings is 1. The average molecular weight is 372 g/mol. The Balaban J connectivity index is 1.71. The lowest BCUT2D eigenvalue weighted by Gasteiger charge is -2.46. The van der Waals surface area contributed by atoms with E-state index in [1.54, 1.807) is 13.2 Å². The predicted molar refractivity (Wildman–Crippen MR) is 103 cm³/mol. The van der Waals surface area contributed by atoms with Crippen molar-refractivity contribution in [3.05, 3.63) is 24.5 Å². The Hall–Kier alpha value is -2.48. The summed E-state index contributed by atoms with van der Waals surface area (Å²) < 4.78 is 6.86. The molecule has 2 aromatic rings. The molecule has 2 N–H and O–H groups in total. The molecule has 1 amide bonds. The number of aromatic nitrogens is 4. The zero-order chi connectivity index (χ0) is 19.7. The van der Waals surface area contributed by atoms with E-state index in [-0.39, 0.29) is 17.0 Å². The van der Waals surface area contributed by atoms with Gasteiger partial charge in [0, 0.05) is 35.3 Å². The third kappa shape index (κ3) is 5.03. The molecule has 1 aromatic carbocycles. The summed E-state index contributed by atoms with van der Waals surface area (Å²) in [5.74, 6) is 0.965. The Morgan fingerprint density at radius 3 is 2.56 bits per heavy atom. The van der Waals surface area contributed by atoms with Gasteiger partial charge in [-0.25, -0.2) is 4.68 Å². The minimum Gasteiger partial charge on any atom is -0.497 e. The number of rotatable bonds is 5. The van der Waals surface area contributed by atoms with Crippen molar-refractivity contribution >= 4 is 11.6 Å². The number of hydrogen-bond acceptors (Lipinski definition) is 6. The summed E-state index contributed by atoms with van der Waals surface area (Å²) in [6.07, 6.45) is 3.93. The second-order valence-corrected chi connectivity index (χ2v) is 8.59. The summed E-state index contributed by atoms with van der Waals surface area (Å²) in [6.45, 7) is 8.78. The second-order valence-electron chi connectivity index (χ2n) is 8.59. The van der Waals surface area contributed by atoms with Crippen LogP contribution < -0.4 is 15.4 Å². The van der Waals surface area contributed by atoms with Crippen LogP contribution in [0.4, 0.5) is 5.69 Å². The Kier molecular flexibility index (Phi) is 5.19. The van der Waals surface area contributed by atoms with Crippen LogP contribution in [0.25, 0.3) is 5.69 Å². The normalized spacial score (nSPS) is 18.9. The summed E-state index contributed by atoms with van der Waals surface area (Å²) in [6, 6.07) is 5.43. The van der Waals surface area contributed by atoms with E-state index in [9.17, 15) is 4.79 Å². The maximum atomic E-state index is 12.7. The highest BCUT2D eigenvalue weighted by Crippen LogP contribution is 2.35. The number of methoxy groups -OCH3 is 1. The summed E-state index contributed by atoms with van der Waals surface area (Å²) in [5, 5.41) is 17.8. The van der Waals surface area contributed by atoms with E-state index in [0.717, 1.165) is 18.5 Å². The molecule has 0 radical (unpaired) electrons. The van der Waals surface area contributed by atoms with E-state index in [2.05, 4.69) is 53.9 Å². The lowest BCUT2D eigenvalue weighted by molar-refractivity contribution is -0.117. The van der Waals surface area contributed by atoms with Gasteiger partial charge in [0.15, 0.2) is 0 Å². The first-order valence-electron chi connectivity index (χ1n) is 9.17. The van der Waals surface area contributed by atoms with Crippen molar-refractivity contribution in [3.8, 4) is 11.4 Å². The maximum Gasteiger partial charge on any atom is 0.224 e. The van der Waals surface area contributed by atoms with Crippen molar-refractivity contribution in [1.29, 1.82) is 0 Å². The van der Waals surface area contributed by atoms with Crippen LogP contribution in [-0.2, 0) is 4.79 Å². The molecule has 0 unspecified atom stereocenters. The zero-order valence-corrected chi connectivity index (χ0v) is 16.6. The van der Waals surface area contributed by atoms with Crippen LogP contribution in [0.5, 0.6) is 5.75 Å². The number of nitrogens with one attached hydrogen (secondary N) is 2. The number of carbonyl (C=O) groups excluding carboxylic acids is 1. The fourth-order valence-electron chi connectivity index (χ4n) is 4.34. The van der Waals surface area contributed by atoms with Crippen LogP contribution in [0.3, 0.4) is 0 Å². The number of hydrogen-bond donors (Lipinski definition) is 2. The molecule has 3 rings (SSSR count). The molecule has 1 aromatic heterocycles. The standard InChI is InChI=1S/C19H28N6O2/c1-18(2)10-13(11-19(3,4)22-18)6-17(26)21-14-7-15(9-16(8-14)27-5)25-12-20-23-24-25/h7-9,12-13,22H,6,10-11H2,1-5H3,(H,21,26). The molecule has 146 valence electrons. The molecule has 0 bridgehead atoms. The number of carbonyl (C=O) groups is 1. The lowest BCUT2D eigenvalue weighted by Crippen LogP contribution is -2.58. The SMILES string of the molecule is COc1cc(NC(=O)CC2CC(C)(C)NC(C)(C)C2)cc(-n2cnnn2)c1. The molecule has 8 heteroatoms. The number of ether oxygens (including phenoxy) is 1. The number of tetrazole rings is 1. The van der Waals surface area contributed by atoms with Gasteiger partial charge in [-0.3, -0.25) is 4.79 Å². The van der Waals surface area contributed by atoms with Crippen molar-refractivity contribution in [3.63, 3.8) is 0 Å². The Labute approximate surface area is 159 Å². The lowest BCUT2D eigenvalue weighted by atomic mass is 9.74. The summed E-state index contributed by atoms with van der Waals surface area (Å²) in [4.78, 5) is 12.7. The van der Waals surface area contributed by atoms with E-state index in [0.29, 0.717) is 23.8 Å². The molecule has 1 fully saturated rings. The molecular formula is C19H28N6O2. The Morgan fingerprint density at radius 1 is 1.26 bits per heavy atom. The van der Waals surface area contributed by atoms with Gasteiger partial charge in [0.05, 0.1) is 12.8 Å². The van der Waals surface area contributed by atoms with Gasteiger partial charge in [0.2, 0.25) is 5.91 Å². The minimum absolute atomic E-state index is 0.00409. The van der Waals surface area contributed by atoms with Gasteiger partial charge in [0.25, 0.3) is 0 Å². The number of amides is 1. The van der Waals surface area contributed by atoms with Gasteiger partial charge >= 0.3 is 0 Å². The van der Waals surface area contributed by atoms with E-state index in [4.69, 9.17) is 4.74 Å². The molecule has 1 saturated heterocycles. The van der Waals surface area contributed by atoms with Gasteiger partial charge in [0.1, 0.15) is 12.1 Å². The number of anilines is 1. The molecule has 8 nitrogen and oxygen atoms in total. The Morgan fingerprint density at radius 2 is 1.96 bits per heavy atom. The topological polar surface area (TPSA) is 94.0 Å². The van der Waals surface area contributed by atoms with Gasteiger partial charge in [-0.15, -0.1) is 5.10 Å². The molecule has 1 aliphatic rings. The smallest absolute Gasteiger partial charge is 0.224 e. The summed E-state index contributed by atoms with van der Waals surface area (Å²) in [7, 11) is 1.59. The largest absolute Gasteiger partial charge is 0.497 e. The monoisotopic (exact) mass is 372 g/mol. The molecular weight excluding hydrogens is 344 g/mol. The van der Waals surface area contributed by atoms with Crippen LogP contribution in [0.15, 0.2) is 24.5 Å². The molecule has 0 saturated carbocycles. The van der Waals surface area contributed by atoms with Crippen molar-refractivity contribution < 1.29 is 9.53 Å². The first kappa shape index (κ1) is 19.3. The van der Waals surface area contributed by atoms with E-state index < -0.39 is 0 Å². The van der Waals surface area contributed by atoms with E-state index in [1.165, 1.54) is 11.0 Å². The van der Waals surface area contributed by atoms with E-state index >= 15 is 0 Å². The van der Waals surface area contributed by atoms with Crippen LogP contribution in [0.2, 0.25) is 0 Å². The molecule has 27 heavy (non-hydrogen) atoms. The van der Waals surface area contributed by atoms with E-state index in [1.807, 2.05) is 12.1 Å². The fourth-order valence-corrected chi connectivity index (χ4v) is 4.34. The van der Waals surface area contributed by atoms with Gasteiger partial charge in [-0.1, -0.05) is 0 Å². The van der Waals surface area contributed by atoms with Gasteiger partial charge in [-0.05, 0) is 62.9 Å². The number of piperidine rings is 1. The highest BCUT2D eigenvalue weighted by molar-refractivity contribution is 5.91. The molecule has 1 aliphatic heterocycles. The highest BCUT2D eigenvalue weighted by atomic mass is 16.5. The zero-order valence-electron chi connectivity index (χ0n) is 16.6. The fraction of sp³-hybridized carbons (Fsp3) is 0.579. The highest BCUT2D eigenvalue weighted by Gasteiger charge is 2.38. The Bertz CT molecular complexity index is 785. The van der Waals surface area contributed by atoms with Crippen molar-refractivity contribution in [2.45, 2.75) is 58.0 Å².